The lowest BCUT2D eigenvalue weighted by Gasteiger charge is -2.13. The van der Waals surface area contributed by atoms with Crippen molar-refractivity contribution in [1.29, 1.82) is 0 Å². The lowest BCUT2D eigenvalue weighted by atomic mass is 9.98. The minimum atomic E-state index is -0.680. The summed E-state index contributed by atoms with van der Waals surface area (Å²) < 4.78 is 4.58. The van der Waals surface area contributed by atoms with Gasteiger partial charge in [0.05, 0.1) is 19.3 Å². The van der Waals surface area contributed by atoms with Crippen LogP contribution in [0.25, 0.3) is 0 Å². The number of ether oxygens (including phenoxy) is 1. The number of benzene rings is 1. The minimum Gasteiger partial charge on any atom is -0.507 e. The first kappa shape index (κ1) is 13.3. The molecule has 5 heteroatoms. The maximum Gasteiger partial charge on any atom is 0.341 e. The lowest BCUT2D eigenvalue weighted by molar-refractivity contribution is 0.0595. The number of phenols is 2. The molecule has 0 amide bonds. The molecule has 0 aliphatic heterocycles. The normalized spacial score (nSPS) is 10.3. The van der Waals surface area contributed by atoms with Crippen LogP contribution in [-0.4, -0.2) is 28.4 Å². The Morgan fingerprint density at radius 3 is 2.53 bits per heavy atom. The summed E-state index contributed by atoms with van der Waals surface area (Å²) in [6, 6.07) is 1.38. The van der Waals surface area contributed by atoms with Crippen LogP contribution in [0.3, 0.4) is 0 Å². The molecule has 17 heavy (non-hydrogen) atoms. The van der Waals surface area contributed by atoms with Crippen molar-refractivity contribution in [2.45, 2.75) is 26.4 Å². The first-order valence-corrected chi connectivity index (χ1v) is 5.32. The molecule has 1 rings (SSSR count). The smallest absolute Gasteiger partial charge is 0.341 e. The van der Waals surface area contributed by atoms with Crippen molar-refractivity contribution in [2.24, 2.45) is 0 Å². The van der Waals surface area contributed by atoms with E-state index in [4.69, 9.17) is 5.11 Å². The van der Waals surface area contributed by atoms with E-state index in [1.54, 1.807) is 0 Å². The van der Waals surface area contributed by atoms with Gasteiger partial charge in [-0.15, -0.1) is 0 Å². The largest absolute Gasteiger partial charge is 0.507 e. The van der Waals surface area contributed by atoms with Gasteiger partial charge in [0.2, 0.25) is 0 Å². The Bertz CT molecular complexity index is 425. The van der Waals surface area contributed by atoms with E-state index in [1.165, 1.54) is 13.2 Å². The number of hydrogen-bond donors (Lipinski definition) is 3. The third kappa shape index (κ3) is 2.50. The number of carbonyl (C=O) groups excluding carboxylic acids is 1. The molecule has 0 saturated carbocycles. The van der Waals surface area contributed by atoms with E-state index in [0.29, 0.717) is 12.0 Å². The summed E-state index contributed by atoms with van der Waals surface area (Å²) in [5, 5.41) is 28.5. The zero-order valence-electron chi connectivity index (χ0n) is 9.86. The third-order valence-electron chi connectivity index (χ3n) is 2.53. The van der Waals surface area contributed by atoms with Crippen LogP contribution >= 0.6 is 0 Å². The summed E-state index contributed by atoms with van der Waals surface area (Å²) in [7, 11) is 1.21. The molecule has 0 spiro atoms. The maximum atomic E-state index is 11.6. The van der Waals surface area contributed by atoms with Crippen LogP contribution in [-0.2, 0) is 17.8 Å². The van der Waals surface area contributed by atoms with Crippen LogP contribution in [0.4, 0.5) is 0 Å². The summed E-state index contributed by atoms with van der Waals surface area (Å²) >= 11 is 0. The minimum absolute atomic E-state index is 0.0104. The Kier molecular flexibility index (Phi) is 4.34. The van der Waals surface area contributed by atoms with Crippen LogP contribution in [0.15, 0.2) is 6.07 Å². The fourth-order valence-corrected chi connectivity index (χ4v) is 1.70. The molecule has 0 unspecified atom stereocenters. The standard InChI is InChI=1S/C12H16O5/c1-3-4-7-5-9(14)8(6-13)11(15)10(7)12(16)17-2/h5,13-15H,3-4,6H2,1-2H3. The van der Waals surface area contributed by atoms with Crippen molar-refractivity contribution in [1.82, 2.24) is 0 Å². The summed E-state index contributed by atoms with van der Waals surface area (Å²) in [5.41, 5.74) is 0.452. The predicted octanol–water partition coefficient (Wildman–Crippen LogP) is 1.33. The van der Waals surface area contributed by atoms with Crippen LogP contribution in [0.5, 0.6) is 11.5 Å². The van der Waals surface area contributed by atoms with Crippen molar-refractivity contribution in [3.05, 3.63) is 22.8 Å². The van der Waals surface area contributed by atoms with Crippen LogP contribution < -0.4 is 0 Å². The van der Waals surface area contributed by atoms with Gasteiger partial charge in [0.15, 0.2) is 0 Å². The number of aromatic hydroxyl groups is 2. The Morgan fingerprint density at radius 2 is 2.06 bits per heavy atom. The first-order valence-electron chi connectivity index (χ1n) is 5.32. The number of aliphatic hydroxyl groups is 1. The molecule has 5 nitrogen and oxygen atoms in total. The van der Waals surface area contributed by atoms with Gasteiger partial charge in [-0.25, -0.2) is 4.79 Å². The van der Waals surface area contributed by atoms with Gasteiger partial charge in [-0.2, -0.15) is 0 Å². The SMILES string of the molecule is CCCc1cc(O)c(CO)c(O)c1C(=O)OC. The number of aryl methyl sites for hydroxylation is 1. The quantitative estimate of drug-likeness (QED) is 0.691. The topological polar surface area (TPSA) is 87.0 Å². The molecule has 0 atom stereocenters. The monoisotopic (exact) mass is 240 g/mol. The molecule has 0 fully saturated rings. The Labute approximate surface area is 99.3 Å². The summed E-state index contributed by atoms with van der Waals surface area (Å²) in [4.78, 5) is 11.6. The van der Waals surface area contributed by atoms with E-state index >= 15 is 0 Å². The van der Waals surface area contributed by atoms with Crippen molar-refractivity contribution in [3.8, 4) is 11.5 Å². The highest BCUT2D eigenvalue weighted by Gasteiger charge is 2.22. The highest BCUT2D eigenvalue weighted by atomic mass is 16.5. The van der Waals surface area contributed by atoms with Crippen molar-refractivity contribution >= 4 is 5.97 Å². The zero-order valence-corrected chi connectivity index (χ0v) is 9.86. The molecular formula is C12H16O5. The number of rotatable bonds is 4. The number of methoxy groups -OCH3 is 1. The highest BCUT2D eigenvalue weighted by Crippen LogP contribution is 2.34. The molecule has 0 aliphatic carbocycles. The summed E-state index contributed by atoms with van der Waals surface area (Å²) in [5.74, 6) is -1.32. The molecule has 3 N–H and O–H groups in total. The fraction of sp³-hybridized carbons (Fsp3) is 0.417. The van der Waals surface area contributed by atoms with Crippen molar-refractivity contribution < 1.29 is 24.9 Å². The van der Waals surface area contributed by atoms with Gasteiger partial charge in [-0.3, -0.25) is 0 Å². The molecule has 0 radical (unpaired) electrons. The molecule has 94 valence electrons. The molecular weight excluding hydrogens is 224 g/mol. The van der Waals surface area contributed by atoms with E-state index < -0.39 is 18.3 Å². The third-order valence-corrected chi connectivity index (χ3v) is 2.53. The molecule has 0 heterocycles. The second-order valence-corrected chi connectivity index (χ2v) is 3.66. The summed E-state index contributed by atoms with van der Waals surface area (Å²) in [6.45, 7) is 1.36. The van der Waals surface area contributed by atoms with Gasteiger partial charge in [-0.05, 0) is 18.1 Å². The average Bonchev–Trinajstić information content (AvgIpc) is 2.29. The molecule has 0 saturated heterocycles. The van der Waals surface area contributed by atoms with E-state index in [1.807, 2.05) is 6.92 Å². The van der Waals surface area contributed by atoms with Gasteiger partial charge >= 0.3 is 5.97 Å². The van der Waals surface area contributed by atoms with Crippen LogP contribution in [0, 0.1) is 0 Å². The molecule has 1 aromatic carbocycles. The zero-order chi connectivity index (χ0) is 13.0. The van der Waals surface area contributed by atoms with Crippen LogP contribution in [0.1, 0.15) is 34.8 Å². The maximum absolute atomic E-state index is 11.6. The predicted molar refractivity (Wildman–Crippen MR) is 61.0 cm³/mol. The van der Waals surface area contributed by atoms with E-state index in [-0.39, 0.29) is 16.9 Å². The highest BCUT2D eigenvalue weighted by molar-refractivity contribution is 5.95. The van der Waals surface area contributed by atoms with Crippen LogP contribution in [0.2, 0.25) is 0 Å². The van der Waals surface area contributed by atoms with E-state index in [0.717, 1.165) is 6.42 Å². The van der Waals surface area contributed by atoms with E-state index in [9.17, 15) is 15.0 Å². The van der Waals surface area contributed by atoms with E-state index in [2.05, 4.69) is 4.74 Å². The lowest BCUT2D eigenvalue weighted by Crippen LogP contribution is -2.08. The van der Waals surface area contributed by atoms with Crippen molar-refractivity contribution in [3.63, 3.8) is 0 Å². The Hall–Kier alpha value is -1.75. The van der Waals surface area contributed by atoms with Gasteiger partial charge in [0.25, 0.3) is 0 Å². The fourth-order valence-electron chi connectivity index (χ4n) is 1.70. The molecule has 1 aromatic rings. The molecule has 0 aliphatic rings. The van der Waals surface area contributed by atoms with Gasteiger partial charge in [0, 0.05) is 0 Å². The average molecular weight is 240 g/mol. The second-order valence-electron chi connectivity index (χ2n) is 3.66. The Balaban J connectivity index is 3.45. The molecule has 0 aromatic heterocycles. The van der Waals surface area contributed by atoms with Gasteiger partial charge in [-0.1, -0.05) is 13.3 Å². The number of aliphatic hydroxyl groups excluding tert-OH is 1. The van der Waals surface area contributed by atoms with Gasteiger partial charge < -0.3 is 20.1 Å². The first-order chi connectivity index (χ1) is 8.06. The van der Waals surface area contributed by atoms with Crippen molar-refractivity contribution in [2.75, 3.05) is 7.11 Å². The Morgan fingerprint density at radius 1 is 1.41 bits per heavy atom. The number of esters is 1. The second kappa shape index (κ2) is 5.54. The number of hydrogen-bond acceptors (Lipinski definition) is 5. The molecule has 0 bridgehead atoms. The summed E-state index contributed by atoms with van der Waals surface area (Å²) in [6.07, 6.45) is 1.28. The number of carbonyl (C=O) groups is 1. The van der Waals surface area contributed by atoms with Gasteiger partial charge in [0.1, 0.15) is 17.1 Å².